The summed E-state index contributed by atoms with van der Waals surface area (Å²) < 4.78 is 38.0. The van der Waals surface area contributed by atoms with E-state index in [1.807, 2.05) is 0 Å². The maximum Gasteiger partial charge on any atom is 0.335 e. The minimum absolute atomic E-state index is 0.0870. The minimum atomic E-state index is -4.01. The summed E-state index contributed by atoms with van der Waals surface area (Å²) >= 11 is 0. The van der Waals surface area contributed by atoms with Crippen molar-refractivity contribution < 1.29 is 27.8 Å². The molecule has 2 aromatic rings. The normalized spacial score (nSPS) is 13.8. The fourth-order valence-corrected chi connectivity index (χ4v) is 4.17. The Balaban J connectivity index is 2.16. The smallest absolute Gasteiger partial charge is 0.335 e. The molecule has 1 N–H and O–H groups in total. The lowest BCUT2D eigenvalue weighted by molar-refractivity contribution is 0.0696. The first-order valence-corrected chi connectivity index (χ1v) is 8.55. The molecule has 0 atom stereocenters. The maximum atomic E-state index is 13.1. The molecule has 0 bridgehead atoms. The second-order valence-corrected chi connectivity index (χ2v) is 6.89. The fraction of sp³-hybridized carbons (Fsp3) is 0.188. The summed E-state index contributed by atoms with van der Waals surface area (Å²) in [5.74, 6) is -0.666. The molecule has 3 rings (SSSR count). The molecule has 0 aliphatic carbocycles. The average Bonchev–Trinajstić information content (AvgIpc) is 2.60. The SMILES string of the molecule is COc1ccc(C(=O)O)cc1S(=O)(=O)N1CCOc2ccccc21. The van der Waals surface area contributed by atoms with Crippen molar-refractivity contribution in [2.24, 2.45) is 0 Å². The van der Waals surface area contributed by atoms with E-state index in [-0.39, 0.29) is 29.4 Å². The topological polar surface area (TPSA) is 93.1 Å². The van der Waals surface area contributed by atoms with Gasteiger partial charge in [-0.2, -0.15) is 0 Å². The molecule has 0 amide bonds. The zero-order chi connectivity index (χ0) is 17.3. The number of benzene rings is 2. The summed E-state index contributed by atoms with van der Waals surface area (Å²) in [5, 5.41) is 9.14. The number of fused-ring (bicyclic) bond motifs is 1. The van der Waals surface area contributed by atoms with E-state index in [1.165, 1.54) is 23.5 Å². The number of ether oxygens (including phenoxy) is 2. The van der Waals surface area contributed by atoms with Crippen LogP contribution in [0.15, 0.2) is 47.4 Å². The summed E-state index contributed by atoms with van der Waals surface area (Å²) in [5.41, 5.74) is 0.280. The molecule has 1 heterocycles. The Kier molecular flexibility index (Phi) is 4.06. The second-order valence-electron chi connectivity index (χ2n) is 5.06. The molecule has 0 saturated heterocycles. The number of sulfonamides is 1. The molecule has 0 fully saturated rings. The van der Waals surface area contributed by atoms with Crippen molar-refractivity contribution >= 4 is 21.7 Å². The summed E-state index contributed by atoms with van der Waals surface area (Å²) in [7, 11) is -2.67. The number of carbonyl (C=O) groups is 1. The van der Waals surface area contributed by atoms with Gasteiger partial charge in [-0.15, -0.1) is 0 Å². The predicted molar refractivity (Wildman–Crippen MR) is 86.4 cm³/mol. The number of para-hydroxylation sites is 2. The monoisotopic (exact) mass is 349 g/mol. The van der Waals surface area contributed by atoms with Crippen molar-refractivity contribution in [2.75, 3.05) is 24.6 Å². The molecule has 0 saturated carbocycles. The van der Waals surface area contributed by atoms with Crippen LogP contribution >= 0.6 is 0 Å². The highest BCUT2D eigenvalue weighted by atomic mass is 32.2. The van der Waals surface area contributed by atoms with Crippen LogP contribution in [0.25, 0.3) is 0 Å². The third-order valence-corrected chi connectivity index (χ3v) is 5.50. The van der Waals surface area contributed by atoms with Crippen LogP contribution in [0.5, 0.6) is 11.5 Å². The fourth-order valence-electron chi connectivity index (χ4n) is 2.52. The molecular weight excluding hydrogens is 334 g/mol. The highest BCUT2D eigenvalue weighted by Crippen LogP contribution is 2.37. The Hall–Kier alpha value is -2.74. The zero-order valence-electron chi connectivity index (χ0n) is 12.8. The van der Waals surface area contributed by atoms with Crippen molar-refractivity contribution in [1.29, 1.82) is 0 Å². The number of carboxylic acids is 1. The number of rotatable bonds is 4. The standard InChI is InChI=1S/C16H15NO6S/c1-22-14-7-6-11(16(18)19)10-15(14)24(20,21)17-8-9-23-13-5-3-2-4-12(13)17/h2-7,10H,8-9H2,1H3,(H,18,19). The summed E-state index contributed by atoms with van der Waals surface area (Å²) in [6.45, 7) is 0.330. The minimum Gasteiger partial charge on any atom is -0.495 e. The first-order chi connectivity index (χ1) is 11.4. The van der Waals surface area contributed by atoms with E-state index < -0.39 is 16.0 Å². The van der Waals surface area contributed by atoms with Crippen LogP contribution in [0.2, 0.25) is 0 Å². The van der Waals surface area contributed by atoms with Gasteiger partial charge in [0, 0.05) is 0 Å². The van der Waals surface area contributed by atoms with Crippen LogP contribution in [0.1, 0.15) is 10.4 Å². The Morgan fingerprint density at radius 2 is 2.00 bits per heavy atom. The van der Waals surface area contributed by atoms with Crippen molar-refractivity contribution in [3.63, 3.8) is 0 Å². The van der Waals surface area contributed by atoms with Gasteiger partial charge in [0.25, 0.3) is 10.0 Å². The van der Waals surface area contributed by atoms with Crippen molar-refractivity contribution in [3.8, 4) is 11.5 Å². The molecule has 0 radical (unpaired) electrons. The average molecular weight is 349 g/mol. The van der Waals surface area contributed by atoms with E-state index >= 15 is 0 Å². The lowest BCUT2D eigenvalue weighted by Gasteiger charge is -2.30. The van der Waals surface area contributed by atoms with Crippen molar-refractivity contribution in [3.05, 3.63) is 48.0 Å². The number of methoxy groups -OCH3 is 1. The van der Waals surface area contributed by atoms with Gasteiger partial charge in [-0.1, -0.05) is 12.1 Å². The van der Waals surface area contributed by atoms with Gasteiger partial charge in [0.05, 0.1) is 24.9 Å². The molecule has 1 aliphatic rings. The van der Waals surface area contributed by atoms with Gasteiger partial charge in [-0.3, -0.25) is 4.31 Å². The molecule has 8 heteroatoms. The zero-order valence-corrected chi connectivity index (χ0v) is 13.6. The van der Waals surface area contributed by atoms with Crippen LogP contribution in [0.3, 0.4) is 0 Å². The van der Waals surface area contributed by atoms with E-state index in [0.29, 0.717) is 11.4 Å². The molecular formula is C16H15NO6S. The lowest BCUT2D eigenvalue weighted by Crippen LogP contribution is -2.38. The molecule has 24 heavy (non-hydrogen) atoms. The van der Waals surface area contributed by atoms with Crippen LogP contribution < -0.4 is 13.8 Å². The molecule has 1 aliphatic heterocycles. The molecule has 0 aromatic heterocycles. The Morgan fingerprint density at radius 1 is 1.25 bits per heavy atom. The van der Waals surface area contributed by atoms with Gasteiger partial charge >= 0.3 is 5.97 Å². The molecule has 2 aromatic carbocycles. The maximum absolute atomic E-state index is 13.1. The van der Waals surface area contributed by atoms with E-state index in [9.17, 15) is 13.2 Å². The predicted octanol–water partition coefficient (Wildman–Crippen LogP) is 1.98. The first kappa shape index (κ1) is 16.1. The number of carboxylic acid groups (broad SMARTS) is 1. The summed E-state index contributed by atoms with van der Waals surface area (Å²) in [4.78, 5) is 11.0. The Bertz CT molecular complexity index is 893. The summed E-state index contributed by atoms with van der Waals surface area (Å²) in [6, 6.07) is 10.5. The van der Waals surface area contributed by atoms with Gasteiger partial charge in [0.15, 0.2) is 0 Å². The quantitative estimate of drug-likeness (QED) is 0.907. The highest BCUT2D eigenvalue weighted by molar-refractivity contribution is 7.93. The molecule has 126 valence electrons. The van der Waals surface area contributed by atoms with Crippen LogP contribution in [-0.4, -0.2) is 39.8 Å². The van der Waals surface area contributed by atoms with E-state index in [2.05, 4.69) is 0 Å². The van der Waals surface area contributed by atoms with Crippen molar-refractivity contribution in [1.82, 2.24) is 0 Å². The number of hydrogen-bond acceptors (Lipinski definition) is 5. The van der Waals surface area contributed by atoms with Crippen LogP contribution in [0, 0.1) is 0 Å². The number of nitrogens with zero attached hydrogens (tertiary/aromatic N) is 1. The van der Waals surface area contributed by atoms with Crippen molar-refractivity contribution in [2.45, 2.75) is 4.90 Å². The molecule has 0 unspecified atom stereocenters. The highest BCUT2D eigenvalue weighted by Gasteiger charge is 2.32. The van der Waals surface area contributed by atoms with Gasteiger partial charge in [0.1, 0.15) is 23.0 Å². The number of aromatic carboxylic acids is 1. The molecule has 7 nitrogen and oxygen atoms in total. The van der Waals surface area contributed by atoms with Gasteiger partial charge in [-0.25, -0.2) is 13.2 Å². The largest absolute Gasteiger partial charge is 0.495 e. The lowest BCUT2D eigenvalue weighted by atomic mass is 10.2. The molecule has 0 spiro atoms. The third-order valence-electron chi connectivity index (χ3n) is 3.66. The number of anilines is 1. The van der Waals surface area contributed by atoms with E-state index in [4.69, 9.17) is 14.6 Å². The van der Waals surface area contributed by atoms with E-state index in [0.717, 1.165) is 6.07 Å². The van der Waals surface area contributed by atoms with E-state index in [1.54, 1.807) is 24.3 Å². The number of hydrogen-bond donors (Lipinski definition) is 1. The van der Waals surface area contributed by atoms with Gasteiger partial charge < -0.3 is 14.6 Å². The van der Waals surface area contributed by atoms with Crippen LogP contribution in [-0.2, 0) is 10.0 Å². The van der Waals surface area contributed by atoms with Crippen LogP contribution in [0.4, 0.5) is 5.69 Å². The second kappa shape index (κ2) is 6.04. The summed E-state index contributed by atoms with van der Waals surface area (Å²) in [6.07, 6.45) is 0. The Morgan fingerprint density at radius 3 is 2.71 bits per heavy atom. The Labute approximate surface area is 139 Å². The first-order valence-electron chi connectivity index (χ1n) is 7.11. The third kappa shape index (κ3) is 2.65. The van der Waals surface area contributed by atoms with Gasteiger partial charge in [0.2, 0.25) is 0 Å². The van der Waals surface area contributed by atoms with Gasteiger partial charge in [-0.05, 0) is 30.3 Å².